The van der Waals surface area contributed by atoms with Gasteiger partial charge in [-0.2, -0.15) is 0 Å². The second kappa shape index (κ2) is 6.39. The van der Waals surface area contributed by atoms with Crippen molar-refractivity contribution in [3.05, 3.63) is 58.4 Å². The lowest BCUT2D eigenvalue weighted by Crippen LogP contribution is -2.06. The Morgan fingerprint density at radius 3 is 2.85 bits per heavy atom. The summed E-state index contributed by atoms with van der Waals surface area (Å²) in [4.78, 5) is 15.2. The second-order valence-corrected chi connectivity index (χ2v) is 4.72. The van der Waals surface area contributed by atoms with Crippen LogP contribution in [0.2, 0.25) is 5.02 Å². The summed E-state index contributed by atoms with van der Waals surface area (Å²) in [6.45, 7) is 2.63. The van der Waals surface area contributed by atoms with Crippen molar-refractivity contribution in [2.75, 3.05) is 5.32 Å². The number of nitrogens with zero attached hydrogens (tertiary/aromatic N) is 1. The molecule has 104 valence electrons. The number of aromatic carboxylic acids is 1. The van der Waals surface area contributed by atoms with Gasteiger partial charge in [-0.25, -0.2) is 4.79 Å². The highest BCUT2D eigenvalue weighted by atomic mass is 35.5. The third-order valence-corrected chi connectivity index (χ3v) is 3.34. The summed E-state index contributed by atoms with van der Waals surface area (Å²) in [7, 11) is 0. The van der Waals surface area contributed by atoms with Gasteiger partial charge in [-0.15, -0.1) is 0 Å². The minimum atomic E-state index is -0.989. The van der Waals surface area contributed by atoms with Gasteiger partial charge in [0.2, 0.25) is 0 Å². The fourth-order valence-corrected chi connectivity index (χ4v) is 2.17. The van der Waals surface area contributed by atoms with Gasteiger partial charge in [0.15, 0.2) is 0 Å². The molecule has 0 saturated heterocycles. The number of anilines is 1. The van der Waals surface area contributed by atoms with E-state index in [-0.39, 0.29) is 5.56 Å². The number of nitrogens with one attached hydrogen (secondary N) is 1. The lowest BCUT2D eigenvalue weighted by atomic mass is 10.1. The van der Waals surface area contributed by atoms with Crippen LogP contribution in [-0.2, 0) is 13.0 Å². The molecule has 5 heteroatoms. The molecule has 0 fully saturated rings. The molecule has 0 saturated carbocycles. The number of pyridine rings is 1. The van der Waals surface area contributed by atoms with Crippen LogP contribution in [0.4, 0.5) is 5.69 Å². The van der Waals surface area contributed by atoms with Crippen molar-refractivity contribution in [1.29, 1.82) is 0 Å². The molecule has 0 amide bonds. The summed E-state index contributed by atoms with van der Waals surface area (Å²) >= 11 is 6.07. The number of carboxylic acid groups (broad SMARTS) is 1. The molecule has 4 nitrogen and oxygen atoms in total. The maximum Gasteiger partial charge on any atom is 0.335 e. The number of benzene rings is 1. The van der Waals surface area contributed by atoms with Crippen molar-refractivity contribution >= 4 is 23.3 Å². The van der Waals surface area contributed by atoms with Gasteiger partial charge in [0.1, 0.15) is 0 Å². The van der Waals surface area contributed by atoms with Crippen LogP contribution >= 0.6 is 11.6 Å². The average molecular weight is 291 g/mol. The molecule has 0 spiro atoms. The summed E-state index contributed by atoms with van der Waals surface area (Å²) in [5, 5.41) is 12.5. The number of carbonyl (C=O) groups is 1. The number of halogens is 1. The highest BCUT2D eigenvalue weighted by Crippen LogP contribution is 2.23. The lowest BCUT2D eigenvalue weighted by Gasteiger charge is -2.11. The van der Waals surface area contributed by atoms with Gasteiger partial charge >= 0.3 is 5.97 Å². The molecule has 0 bridgehead atoms. The largest absolute Gasteiger partial charge is 0.478 e. The maximum atomic E-state index is 10.8. The molecular weight excluding hydrogens is 276 g/mol. The summed E-state index contributed by atoms with van der Waals surface area (Å²) in [6.07, 6.45) is 2.67. The number of aryl methyl sites for hydroxylation is 1. The number of hydrogen-bond donors (Lipinski definition) is 2. The van der Waals surface area contributed by atoms with Crippen LogP contribution < -0.4 is 5.32 Å². The van der Waals surface area contributed by atoms with Crippen molar-refractivity contribution in [3.63, 3.8) is 0 Å². The minimum absolute atomic E-state index is 0.174. The van der Waals surface area contributed by atoms with E-state index in [1.807, 2.05) is 12.1 Å². The Kier molecular flexibility index (Phi) is 4.58. The molecule has 0 aliphatic carbocycles. The van der Waals surface area contributed by atoms with Crippen LogP contribution in [0.25, 0.3) is 0 Å². The van der Waals surface area contributed by atoms with Crippen LogP contribution in [0.3, 0.4) is 0 Å². The summed E-state index contributed by atoms with van der Waals surface area (Å²) in [6, 6.07) is 8.58. The molecule has 2 aromatic rings. The summed E-state index contributed by atoms with van der Waals surface area (Å²) in [5.74, 6) is -0.989. The SMILES string of the molecule is CCc1cccnc1CNc1ccc(C(=O)O)cc1Cl. The molecule has 0 aliphatic rings. The lowest BCUT2D eigenvalue weighted by molar-refractivity contribution is 0.0697. The highest BCUT2D eigenvalue weighted by molar-refractivity contribution is 6.33. The molecule has 2 rings (SSSR count). The molecule has 2 N–H and O–H groups in total. The first-order chi connectivity index (χ1) is 9.61. The normalized spacial score (nSPS) is 10.3. The Labute approximate surface area is 122 Å². The monoisotopic (exact) mass is 290 g/mol. The zero-order chi connectivity index (χ0) is 14.5. The fraction of sp³-hybridized carbons (Fsp3) is 0.200. The fourth-order valence-electron chi connectivity index (χ4n) is 1.92. The van der Waals surface area contributed by atoms with Gasteiger partial charge < -0.3 is 10.4 Å². The van der Waals surface area contributed by atoms with E-state index in [1.54, 1.807) is 12.3 Å². The van der Waals surface area contributed by atoms with E-state index in [0.29, 0.717) is 17.3 Å². The third-order valence-electron chi connectivity index (χ3n) is 3.03. The van der Waals surface area contributed by atoms with E-state index < -0.39 is 5.97 Å². The standard InChI is InChI=1S/C15H15ClN2O2/c1-2-10-4-3-7-17-14(10)9-18-13-6-5-11(15(19)20)8-12(13)16/h3-8,18H,2,9H2,1H3,(H,19,20). The molecule has 0 radical (unpaired) electrons. The number of carboxylic acids is 1. The average Bonchev–Trinajstić information content (AvgIpc) is 2.46. The zero-order valence-corrected chi connectivity index (χ0v) is 11.8. The molecular formula is C15H15ClN2O2. The summed E-state index contributed by atoms with van der Waals surface area (Å²) in [5.41, 5.74) is 3.02. The van der Waals surface area contributed by atoms with Crippen molar-refractivity contribution in [1.82, 2.24) is 4.98 Å². The van der Waals surface area contributed by atoms with Crippen LogP contribution in [0.1, 0.15) is 28.5 Å². The molecule has 0 unspecified atom stereocenters. The third kappa shape index (κ3) is 3.27. The smallest absolute Gasteiger partial charge is 0.335 e. The molecule has 1 aromatic carbocycles. The highest BCUT2D eigenvalue weighted by Gasteiger charge is 2.08. The van der Waals surface area contributed by atoms with E-state index in [2.05, 4.69) is 17.2 Å². The van der Waals surface area contributed by atoms with Crippen LogP contribution in [-0.4, -0.2) is 16.1 Å². The van der Waals surface area contributed by atoms with Gasteiger partial charge in [0.05, 0.1) is 28.5 Å². The van der Waals surface area contributed by atoms with Crippen molar-refractivity contribution in [3.8, 4) is 0 Å². The summed E-state index contributed by atoms with van der Waals surface area (Å²) < 4.78 is 0. The van der Waals surface area contributed by atoms with Gasteiger partial charge in [-0.05, 0) is 36.2 Å². The Bertz CT molecular complexity index is 629. The Balaban J connectivity index is 2.13. The van der Waals surface area contributed by atoms with Gasteiger partial charge in [0, 0.05) is 6.20 Å². The Morgan fingerprint density at radius 1 is 1.40 bits per heavy atom. The minimum Gasteiger partial charge on any atom is -0.478 e. The van der Waals surface area contributed by atoms with E-state index in [0.717, 1.165) is 12.1 Å². The first-order valence-corrected chi connectivity index (χ1v) is 6.69. The Morgan fingerprint density at radius 2 is 2.20 bits per heavy atom. The second-order valence-electron chi connectivity index (χ2n) is 4.32. The molecule has 1 aromatic heterocycles. The molecule has 0 aliphatic heterocycles. The number of hydrogen-bond acceptors (Lipinski definition) is 3. The van der Waals surface area contributed by atoms with Crippen LogP contribution in [0.5, 0.6) is 0 Å². The van der Waals surface area contributed by atoms with Crippen molar-refractivity contribution in [2.45, 2.75) is 19.9 Å². The molecule has 1 heterocycles. The Hall–Kier alpha value is -2.07. The predicted molar refractivity (Wildman–Crippen MR) is 79.4 cm³/mol. The number of aromatic nitrogens is 1. The van der Waals surface area contributed by atoms with Crippen LogP contribution in [0.15, 0.2) is 36.5 Å². The predicted octanol–water partition coefficient (Wildman–Crippen LogP) is 3.61. The maximum absolute atomic E-state index is 10.8. The first kappa shape index (κ1) is 14.3. The van der Waals surface area contributed by atoms with Gasteiger partial charge in [0.25, 0.3) is 0 Å². The first-order valence-electron chi connectivity index (χ1n) is 6.31. The quantitative estimate of drug-likeness (QED) is 0.883. The topological polar surface area (TPSA) is 62.2 Å². The van der Waals surface area contributed by atoms with E-state index >= 15 is 0 Å². The van der Waals surface area contributed by atoms with Crippen molar-refractivity contribution in [2.24, 2.45) is 0 Å². The van der Waals surface area contributed by atoms with Crippen LogP contribution in [0, 0.1) is 0 Å². The van der Waals surface area contributed by atoms with E-state index in [4.69, 9.17) is 16.7 Å². The zero-order valence-electron chi connectivity index (χ0n) is 11.1. The van der Waals surface area contributed by atoms with E-state index in [1.165, 1.54) is 17.7 Å². The van der Waals surface area contributed by atoms with Gasteiger partial charge in [-0.1, -0.05) is 24.6 Å². The van der Waals surface area contributed by atoms with Gasteiger partial charge in [-0.3, -0.25) is 4.98 Å². The van der Waals surface area contributed by atoms with E-state index in [9.17, 15) is 4.79 Å². The molecule has 20 heavy (non-hydrogen) atoms. The molecule has 0 atom stereocenters. The van der Waals surface area contributed by atoms with Crippen molar-refractivity contribution < 1.29 is 9.90 Å². The number of rotatable bonds is 5.